The van der Waals surface area contributed by atoms with Gasteiger partial charge in [-0.15, -0.1) is 0 Å². The van der Waals surface area contributed by atoms with E-state index in [1.54, 1.807) is 13.8 Å². The lowest BCUT2D eigenvalue weighted by atomic mass is 9.99. The highest BCUT2D eigenvalue weighted by Crippen LogP contribution is 2.22. The molecule has 1 amide bonds. The molecule has 2 aromatic rings. The van der Waals surface area contributed by atoms with E-state index in [0.29, 0.717) is 0 Å². The van der Waals surface area contributed by atoms with Gasteiger partial charge in [0.1, 0.15) is 0 Å². The van der Waals surface area contributed by atoms with Crippen LogP contribution in [0.2, 0.25) is 0 Å². The molecular weight excluding hydrogens is 304 g/mol. The maximum atomic E-state index is 12.2. The Balaban J connectivity index is 1.99. The van der Waals surface area contributed by atoms with Crippen molar-refractivity contribution < 1.29 is 14.3 Å². The fourth-order valence-corrected chi connectivity index (χ4v) is 2.68. The number of aryl methyl sites for hydroxylation is 2. The lowest BCUT2D eigenvalue weighted by Crippen LogP contribution is -2.29. The normalized spacial score (nSPS) is 10.9. The van der Waals surface area contributed by atoms with Gasteiger partial charge in [-0.1, -0.05) is 18.2 Å². The summed E-state index contributed by atoms with van der Waals surface area (Å²) < 4.78 is 5.04. The largest absolute Gasteiger partial charge is 0.463 e. The summed E-state index contributed by atoms with van der Waals surface area (Å²) >= 11 is 0. The predicted molar refractivity (Wildman–Crippen MR) is 93.8 cm³/mol. The number of para-hydroxylation sites is 1. The number of fused-ring (bicyclic) bond motifs is 1. The fourth-order valence-electron chi connectivity index (χ4n) is 2.68. The Bertz CT molecular complexity index is 754. The van der Waals surface area contributed by atoms with Gasteiger partial charge >= 0.3 is 5.97 Å². The molecule has 0 fully saturated rings. The summed E-state index contributed by atoms with van der Waals surface area (Å²) in [4.78, 5) is 28.2. The average Bonchev–Trinajstić information content (AvgIpc) is 2.50. The molecule has 0 aliphatic heterocycles. The summed E-state index contributed by atoms with van der Waals surface area (Å²) in [6.07, 6.45) is 0.300. The molecule has 5 heteroatoms. The minimum atomic E-state index is -0.301. The van der Waals surface area contributed by atoms with E-state index < -0.39 is 0 Å². The van der Waals surface area contributed by atoms with Crippen LogP contribution < -0.4 is 5.32 Å². The number of rotatable bonds is 6. The third-order valence-electron chi connectivity index (χ3n) is 3.84. The van der Waals surface area contributed by atoms with Gasteiger partial charge in [0.2, 0.25) is 5.91 Å². The third-order valence-corrected chi connectivity index (χ3v) is 3.84. The van der Waals surface area contributed by atoms with Gasteiger partial charge in [0.05, 0.1) is 24.5 Å². The second-order valence-corrected chi connectivity index (χ2v) is 6.13. The first-order chi connectivity index (χ1) is 11.4. The van der Waals surface area contributed by atoms with Crippen LogP contribution in [0.1, 0.15) is 37.1 Å². The summed E-state index contributed by atoms with van der Waals surface area (Å²) in [7, 11) is 0. The van der Waals surface area contributed by atoms with Crippen molar-refractivity contribution in [3.63, 3.8) is 0 Å². The lowest BCUT2D eigenvalue weighted by Gasteiger charge is -2.13. The Morgan fingerprint density at radius 2 is 1.92 bits per heavy atom. The molecule has 0 saturated heterocycles. The van der Waals surface area contributed by atoms with Crippen molar-refractivity contribution in [2.24, 2.45) is 0 Å². The van der Waals surface area contributed by atoms with Crippen molar-refractivity contribution in [2.75, 3.05) is 6.54 Å². The zero-order chi connectivity index (χ0) is 17.7. The van der Waals surface area contributed by atoms with E-state index in [1.165, 1.54) is 0 Å². The number of pyridine rings is 1. The Morgan fingerprint density at radius 3 is 2.62 bits per heavy atom. The zero-order valence-electron chi connectivity index (χ0n) is 14.7. The number of hydrogen-bond donors (Lipinski definition) is 1. The van der Waals surface area contributed by atoms with E-state index in [-0.39, 0.29) is 37.4 Å². The van der Waals surface area contributed by atoms with Crippen LogP contribution in [0.5, 0.6) is 0 Å². The molecule has 0 bridgehead atoms. The maximum absolute atomic E-state index is 12.2. The van der Waals surface area contributed by atoms with Crippen LogP contribution in [0, 0.1) is 13.8 Å². The summed E-state index contributed by atoms with van der Waals surface area (Å²) in [5.41, 5.74) is 3.82. The molecule has 1 N–H and O–H groups in total. The molecule has 2 rings (SSSR count). The SMILES string of the molecule is Cc1nc2ccccc2c(C)c1CC(=O)NCCC(=O)OC(C)C. The van der Waals surface area contributed by atoms with Crippen LogP contribution in [0.15, 0.2) is 24.3 Å². The molecule has 1 aromatic heterocycles. The van der Waals surface area contributed by atoms with Crippen molar-refractivity contribution in [1.29, 1.82) is 0 Å². The van der Waals surface area contributed by atoms with Gasteiger partial charge in [-0.05, 0) is 44.9 Å². The minimum absolute atomic E-state index is 0.115. The summed E-state index contributed by atoms with van der Waals surface area (Å²) in [5, 5.41) is 3.83. The summed E-state index contributed by atoms with van der Waals surface area (Å²) in [6.45, 7) is 7.81. The van der Waals surface area contributed by atoms with Gasteiger partial charge in [0.15, 0.2) is 0 Å². The van der Waals surface area contributed by atoms with E-state index in [2.05, 4.69) is 10.3 Å². The van der Waals surface area contributed by atoms with Gasteiger partial charge in [-0.2, -0.15) is 0 Å². The first-order valence-corrected chi connectivity index (χ1v) is 8.19. The Hall–Kier alpha value is -2.43. The molecule has 1 heterocycles. The van der Waals surface area contributed by atoms with E-state index in [4.69, 9.17) is 4.74 Å². The monoisotopic (exact) mass is 328 g/mol. The van der Waals surface area contributed by atoms with E-state index in [9.17, 15) is 9.59 Å². The second-order valence-electron chi connectivity index (χ2n) is 6.13. The van der Waals surface area contributed by atoms with Gasteiger partial charge < -0.3 is 10.1 Å². The Morgan fingerprint density at radius 1 is 1.21 bits per heavy atom. The minimum Gasteiger partial charge on any atom is -0.463 e. The molecule has 0 aliphatic rings. The molecule has 0 saturated carbocycles. The van der Waals surface area contributed by atoms with Gasteiger partial charge in [0.25, 0.3) is 0 Å². The van der Waals surface area contributed by atoms with Crippen LogP contribution >= 0.6 is 0 Å². The first kappa shape index (κ1) is 17.9. The molecule has 0 unspecified atom stereocenters. The highest BCUT2D eigenvalue weighted by Gasteiger charge is 2.13. The van der Waals surface area contributed by atoms with Crippen molar-refractivity contribution in [1.82, 2.24) is 10.3 Å². The number of nitrogens with zero attached hydrogens (tertiary/aromatic N) is 1. The third kappa shape index (κ3) is 4.54. The second kappa shape index (κ2) is 7.90. The highest BCUT2D eigenvalue weighted by molar-refractivity contribution is 5.86. The number of carbonyl (C=O) groups is 2. The van der Waals surface area contributed by atoms with Gasteiger partial charge in [-0.3, -0.25) is 14.6 Å². The topological polar surface area (TPSA) is 68.3 Å². The zero-order valence-corrected chi connectivity index (χ0v) is 14.7. The average molecular weight is 328 g/mol. The molecule has 0 radical (unpaired) electrons. The van der Waals surface area contributed by atoms with Crippen molar-refractivity contribution >= 4 is 22.8 Å². The quantitative estimate of drug-likeness (QED) is 0.828. The smallest absolute Gasteiger partial charge is 0.307 e. The number of carbonyl (C=O) groups excluding carboxylic acids is 2. The number of aromatic nitrogens is 1. The number of hydrogen-bond acceptors (Lipinski definition) is 4. The van der Waals surface area contributed by atoms with Crippen molar-refractivity contribution in [2.45, 2.75) is 46.6 Å². The summed E-state index contributed by atoms with van der Waals surface area (Å²) in [6, 6.07) is 7.91. The molecule has 0 atom stereocenters. The van der Waals surface area contributed by atoms with Crippen LogP contribution in [0.3, 0.4) is 0 Å². The van der Waals surface area contributed by atoms with Crippen LogP contribution in [-0.2, 0) is 20.7 Å². The molecular formula is C19H24N2O3. The van der Waals surface area contributed by atoms with E-state index in [1.807, 2.05) is 38.1 Å². The van der Waals surface area contributed by atoms with Crippen molar-refractivity contribution in [3.05, 3.63) is 41.1 Å². The molecule has 128 valence electrons. The van der Waals surface area contributed by atoms with Crippen molar-refractivity contribution in [3.8, 4) is 0 Å². The number of benzene rings is 1. The molecule has 0 aliphatic carbocycles. The number of ether oxygens (including phenoxy) is 1. The summed E-state index contributed by atoms with van der Waals surface area (Å²) in [5.74, 6) is -0.416. The van der Waals surface area contributed by atoms with Crippen LogP contribution in [0.25, 0.3) is 10.9 Å². The Kier molecular flexibility index (Phi) is 5.90. The lowest BCUT2D eigenvalue weighted by molar-refractivity contribution is -0.147. The molecule has 5 nitrogen and oxygen atoms in total. The van der Waals surface area contributed by atoms with E-state index in [0.717, 1.165) is 27.7 Å². The van der Waals surface area contributed by atoms with Gasteiger partial charge in [-0.25, -0.2) is 0 Å². The number of amides is 1. The maximum Gasteiger partial charge on any atom is 0.307 e. The Labute approximate surface area is 142 Å². The van der Waals surface area contributed by atoms with E-state index >= 15 is 0 Å². The van der Waals surface area contributed by atoms with Crippen LogP contribution in [-0.4, -0.2) is 29.5 Å². The number of nitrogens with one attached hydrogen (secondary N) is 1. The first-order valence-electron chi connectivity index (χ1n) is 8.19. The fraction of sp³-hybridized carbons (Fsp3) is 0.421. The highest BCUT2D eigenvalue weighted by atomic mass is 16.5. The number of esters is 1. The standard InChI is InChI=1S/C19H24N2O3/c1-12(2)24-19(23)9-10-20-18(22)11-16-13(3)15-7-5-6-8-17(15)21-14(16)4/h5-8,12H,9-11H2,1-4H3,(H,20,22). The van der Waals surface area contributed by atoms with Gasteiger partial charge in [0, 0.05) is 17.6 Å². The molecule has 1 aromatic carbocycles. The van der Waals surface area contributed by atoms with Crippen LogP contribution in [0.4, 0.5) is 0 Å². The molecule has 24 heavy (non-hydrogen) atoms. The predicted octanol–water partition coefficient (Wildman–Crippen LogP) is 2.85. The molecule has 0 spiro atoms.